The van der Waals surface area contributed by atoms with Crippen molar-refractivity contribution in [3.63, 3.8) is 0 Å². The second-order valence-corrected chi connectivity index (χ2v) is 4.96. The highest BCUT2D eigenvalue weighted by molar-refractivity contribution is 6.17. The third-order valence-corrected chi connectivity index (χ3v) is 3.73. The van der Waals surface area contributed by atoms with Gasteiger partial charge in [0, 0.05) is 17.8 Å². The molecule has 1 heterocycles. The van der Waals surface area contributed by atoms with Gasteiger partial charge in [-0.05, 0) is 30.7 Å². The maximum Gasteiger partial charge on any atom is 0.142 e. The van der Waals surface area contributed by atoms with E-state index in [0.29, 0.717) is 12.2 Å². The maximum atomic E-state index is 13.9. The summed E-state index contributed by atoms with van der Waals surface area (Å²) >= 11 is 5.93. The number of hydrogen-bond donors (Lipinski definition) is 0. The maximum absolute atomic E-state index is 13.9. The van der Waals surface area contributed by atoms with Gasteiger partial charge in [-0.25, -0.2) is 4.39 Å². The number of nitrogens with zero attached hydrogens (tertiary/aromatic N) is 1. The van der Waals surface area contributed by atoms with Crippen molar-refractivity contribution in [2.45, 2.75) is 12.3 Å². The van der Waals surface area contributed by atoms with Crippen LogP contribution in [0.2, 0.25) is 0 Å². The molecule has 4 heteroatoms. The molecule has 0 unspecified atom stereocenters. The van der Waals surface area contributed by atoms with Crippen LogP contribution in [0.1, 0.15) is 12.0 Å². The Balaban J connectivity index is 2.12. The molecule has 2 aromatic rings. The van der Waals surface area contributed by atoms with Crippen LogP contribution in [0.5, 0.6) is 5.75 Å². The summed E-state index contributed by atoms with van der Waals surface area (Å²) in [5.74, 6) is 0.719. The average Bonchev–Trinajstić information content (AvgIpc) is 2.69. The summed E-state index contributed by atoms with van der Waals surface area (Å²) < 4.78 is 19.7. The first-order chi connectivity index (χ1) is 9.81. The van der Waals surface area contributed by atoms with Crippen molar-refractivity contribution in [1.82, 2.24) is 0 Å². The first-order valence-electron chi connectivity index (χ1n) is 6.64. The van der Waals surface area contributed by atoms with Crippen LogP contribution in [0.3, 0.4) is 0 Å². The van der Waals surface area contributed by atoms with Gasteiger partial charge in [-0.3, -0.25) is 0 Å². The summed E-state index contributed by atoms with van der Waals surface area (Å²) in [6.07, 6.45) is 0.882. The molecule has 0 atom stereocenters. The molecule has 0 saturated carbocycles. The van der Waals surface area contributed by atoms with E-state index in [0.717, 1.165) is 30.1 Å². The van der Waals surface area contributed by atoms with E-state index in [4.69, 9.17) is 16.3 Å². The Hall–Kier alpha value is -1.74. The molecule has 0 radical (unpaired) electrons. The van der Waals surface area contributed by atoms with Crippen LogP contribution in [0.15, 0.2) is 42.5 Å². The summed E-state index contributed by atoms with van der Waals surface area (Å²) in [6, 6.07) is 12.9. The average molecular weight is 292 g/mol. The molecule has 104 valence electrons. The summed E-state index contributed by atoms with van der Waals surface area (Å²) in [7, 11) is 0. The molecule has 1 aliphatic rings. The number of fused-ring (bicyclic) bond motifs is 1. The van der Waals surface area contributed by atoms with E-state index in [-0.39, 0.29) is 11.7 Å². The molecule has 0 saturated heterocycles. The van der Waals surface area contributed by atoms with E-state index in [2.05, 4.69) is 4.90 Å². The number of hydrogen-bond acceptors (Lipinski definition) is 2. The number of benzene rings is 2. The number of halogens is 2. The number of rotatable bonds is 2. The molecule has 0 N–H and O–H groups in total. The zero-order chi connectivity index (χ0) is 13.9. The van der Waals surface area contributed by atoms with Crippen molar-refractivity contribution in [1.29, 1.82) is 0 Å². The molecule has 3 rings (SSSR count). The van der Waals surface area contributed by atoms with E-state index in [1.54, 1.807) is 6.07 Å². The summed E-state index contributed by atoms with van der Waals surface area (Å²) in [5, 5.41) is 0. The highest BCUT2D eigenvalue weighted by Crippen LogP contribution is 2.38. The van der Waals surface area contributed by atoms with Gasteiger partial charge in [0.2, 0.25) is 0 Å². The molecule has 0 spiro atoms. The highest BCUT2D eigenvalue weighted by atomic mass is 35.5. The fourth-order valence-corrected chi connectivity index (χ4v) is 2.77. The highest BCUT2D eigenvalue weighted by Gasteiger charge is 2.20. The van der Waals surface area contributed by atoms with Gasteiger partial charge in [-0.15, -0.1) is 11.6 Å². The molecule has 0 bridgehead atoms. The lowest BCUT2D eigenvalue weighted by molar-refractivity contribution is 0.322. The van der Waals surface area contributed by atoms with E-state index in [1.165, 1.54) is 6.07 Å². The molecular formula is C16H15ClFNO. The van der Waals surface area contributed by atoms with Crippen LogP contribution < -0.4 is 9.64 Å². The van der Waals surface area contributed by atoms with Crippen LogP contribution in [-0.2, 0) is 5.88 Å². The molecule has 1 aliphatic heterocycles. The van der Waals surface area contributed by atoms with E-state index in [9.17, 15) is 4.39 Å². The lowest BCUT2D eigenvalue weighted by atomic mass is 10.1. The number of alkyl halides is 1. The molecule has 20 heavy (non-hydrogen) atoms. The van der Waals surface area contributed by atoms with Crippen LogP contribution in [-0.4, -0.2) is 13.2 Å². The minimum atomic E-state index is -0.264. The lowest BCUT2D eigenvalue weighted by Gasteiger charge is -2.26. The summed E-state index contributed by atoms with van der Waals surface area (Å²) in [6.45, 7) is 1.45. The van der Waals surface area contributed by atoms with Gasteiger partial charge < -0.3 is 9.64 Å². The third-order valence-electron chi connectivity index (χ3n) is 3.46. The summed E-state index contributed by atoms with van der Waals surface area (Å²) in [4.78, 5) is 2.09. The Morgan fingerprint density at radius 3 is 2.75 bits per heavy atom. The number of ether oxygens (including phenoxy) is 1. The van der Waals surface area contributed by atoms with Crippen molar-refractivity contribution in [2.24, 2.45) is 0 Å². The van der Waals surface area contributed by atoms with Crippen molar-refractivity contribution in [2.75, 3.05) is 18.1 Å². The Labute approximate surface area is 122 Å². The number of para-hydroxylation sites is 2. The van der Waals surface area contributed by atoms with Crippen LogP contribution in [0.25, 0.3) is 0 Å². The first kappa shape index (κ1) is 13.3. The fraction of sp³-hybridized carbons (Fsp3) is 0.250. The normalized spacial score (nSPS) is 14.4. The minimum absolute atomic E-state index is 0.154. The van der Waals surface area contributed by atoms with Gasteiger partial charge >= 0.3 is 0 Å². The van der Waals surface area contributed by atoms with Crippen LogP contribution in [0.4, 0.5) is 15.8 Å². The van der Waals surface area contributed by atoms with Crippen molar-refractivity contribution in [3.05, 3.63) is 53.8 Å². The van der Waals surface area contributed by atoms with Crippen molar-refractivity contribution >= 4 is 23.0 Å². The SMILES string of the molecule is Fc1cccc(N2CCCOc3ccccc32)c1CCl. The van der Waals surface area contributed by atoms with E-state index < -0.39 is 0 Å². The predicted octanol–water partition coefficient (Wildman–Crippen LogP) is 4.49. The minimum Gasteiger partial charge on any atom is -0.491 e. The Bertz CT molecular complexity index is 617. The smallest absolute Gasteiger partial charge is 0.142 e. The van der Waals surface area contributed by atoms with E-state index >= 15 is 0 Å². The Morgan fingerprint density at radius 2 is 1.90 bits per heavy atom. The second kappa shape index (κ2) is 5.71. The van der Waals surface area contributed by atoms with Gasteiger partial charge in [0.05, 0.1) is 18.2 Å². The topological polar surface area (TPSA) is 12.5 Å². The van der Waals surface area contributed by atoms with Crippen molar-refractivity contribution < 1.29 is 9.13 Å². The van der Waals surface area contributed by atoms with Gasteiger partial charge in [-0.2, -0.15) is 0 Å². The molecule has 0 amide bonds. The fourth-order valence-electron chi connectivity index (χ4n) is 2.51. The summed E-state index contributed by atoms with van der Waals surface area (Å²) in [5.41, 5.74) is 2.31. The van der Waals surface area contributed by atoms with Gasteiger partial charge in [-0.1, -0.05) is 18.2 Å². The molecule has 2 nitrogen and oxygen atoms in total. The standard InChI is InChI=1S/C16H15ClFNO/c17-11-12-13(18)5-3-7-14(12)19-9-4-10-20-16-8-2-1-6-15(16)19/h1-3,5-8H,4,9-11H2. The molecule has 0 fully saturated rings. The quantitative estimate of drug-likeness (QED) is 0.756. The predicted molar refractivity (Wildman–Crippen MR) is 79.5 cm³/mol. The molecular weight excluding hydrogens is 277 g/mol. The molecule has 2 aromatic carbocycles. The zero-order valence-electron chi connectivity index (χ0n) is 11.0. The molecule has 0 aromatic heterocycles. The third kappa shape index (κ3) is 2.34. The van der Waals surface area contributed by atoms with Crippen LogP contribution >= 0.6 is 11.6 Å². The molecule has 0 aliphatic carbocycles. The van der Waals surface area contributed by atoms with Crippen LogP contribution in [0, 0.1) is 5.82 Å². The monoisotopic (exact) mass is 291 g/mol. The van der Waals surface area contributed by atoms with Crippen molar-refractivity contribution in [3.8, 4) is 5.75 Å². The second-order valence-electron chi connectivity index (χ2n) is 4.69. The Kier molecular flexibility index (Phi) is 3.79. The van der Waals surface area contributed by atoms with Gasteiger partial charge in [0.25, 0.3) is 0 Å². The first-order valence-corrected chi connectivity index (χ1v) is 7.17. The lowest BCUT2D eigenvalue weighted by Crippen LogP contribution is -2.19. The number of anilines is 2. The Morgan fingerprint density at radius 1 is 1.10 bits per heavy atom. The van der Waals surface area contributed by atoms with Gasteiger partial charge in [0.15, 0.2) is 0 Å². The van der Waals surface area contributed by atoms with E-state index in [1.807, 2.05) is 30.3 Å². The zero-order valence-corrected chi connectivity index (χ0v) is 11.7. The van der Waals surface area contributed by atoms with Gasteiger partial charge in [0.1, 0.15) is 11.6 Å². The largest absolute Gasteiger partial charge is 0.491 e.